The molecular formula is C16H21BrN2O3. The Labute approximate surface area is 138 Å². The van der Waals surface area contributed by atoms with Crippen LogP contribution < -0.4 is 10.6 Å². The lowest BCUT2D eigenvalue weighted by Gasteiger charge is -2.24. The molecular weight excluding hydrogens is 348 g/mol. The molecule has 1 amide bonds. The van der Waals surface area contributed by atoms with Crippen molar-refractivity contribution < 1.29 is 14.3 Å². The van der Waals surface area contributed by atoms with Gasteiger partial charge in [0.15, 0.2) is 6.23 Å². The summed E-state index contributed by atoms with van der Waals surface area (Å²) in [7, 11) is 0. The number of ether oxygens (including phenoxy) is 1. The van der Waals surface area contributed by atoms with Crippen LogP contribution in [0.5, 0.6) is 0 Å². The number of nitrogens with one attached hydrogen (secondary N) is 2. The monoisotopic (exact) mass is 368 g/mol. The first-order valence-electron chi connectivity index (χ1n) is 7.29. The highest BCUT2D eigenvalue weighted by Gasteiger charge is 2.37. The maximum Gasteiger partial charge on any atom is 0.312 e. The fraction of sp³-hybridized carbons (Fsp3) is 0.500. The number of carbonyl (C=O) groups is 2. The Bertz CT molecular complexity index is 569. The Morgan fingerprint density at radius 3 is 2.64 bits per heavy atom. The van der Waals surface area contributed by atoms with E-state index in [4.69, 9.17) is 4.74 Å². The first-order valence-corrected chi connectivity index (χ1v) is 8.08. The van der Waals surface area contributed by atoms with Crippen molar-refractivity contribution in [3.63, 3.8) is 0 Å². The van der Waals surface area contributed by atoms with E-state index in [-0.39, 0.29) is 11.9 Å². The van der Waals surface area contributed by atoms with E-state index in [0.717, 1.165) is 4.47 Å². The molecule has 1 aromatic rings. The smallest absolute Gasteiger partial charge is 0.312 e. The molecule has 1 aromatic carbocycles. The average molecular weight is 369 g/mol. The Morgan fingerprint density at radius 2 is 2.00 bits per heavy atom. The van der Waals surface area contributed by atoms with Gasteiger partial charge in [-0.3, -0.25) is 14.9 Å². The predicted molar refractivity (Wildman–Crippen MR) is 88.2 cm³/mol. The van der Waals surface area contributed by atoms with Crippen molar-refractivity contribution in [1.29, 1.82) is 0 Å². The van der Waals surface area contributed by atoms with E-state index in [1.165, 1.54) is 0 Å². The molecule has 1 aliphatic heterocycles. The third-order valence-corrected chi connectivity index (χ3v) is 4.17. The van der Waals surface area contributed by atoms with Crippen molar-refractivity contribution >= 4 is 33.5 Å². The zero-order valence-corrected chi connectivity index (χ0v) is 14.6. The number of esters is 1. The van der Waals surface area contributed by atoms with Gasteiger partial charge in [0.1, 0.15) is 0 Å². The highest BCUT2D eigenvalue weighted by molar-refractivity contribution is 9.10. The van der Waals surface area contributed by atoms with Crippen molar-refractivity contribution in [1.82, 2.24) is 5.32 Å². The van der Waals surface area contributed by atoms with Gasteiger partial charge in [-0.15, -0.1) is 0 Å². The molecule has 1 aliphatic rings. The van der Waals surface area contributed by atoms with Crippen LogP contribution in [0.3, 0.4) is 0 Å². The minimum absolute atomic E-state index is 0.149. The molecule has 0 aromatic heterocycles. The number of para-hydroxylation sites is 1. The Hall–Kier alpha value is -1.40. The maximum atomic E-state index is 12.4. The average Bonchev–Trinajstić information content (AvgIpc) is 2.88. The topological polar surface area (TPSA) is 67.4 Å². The summed E-state index contributed by atoms with van der Waals surface area (Å²) in [4.78, 5) is 24.4. The summed E-state index contributed by atoms with van der Waals surface area (Å²) in [5.74, 6) is -0.854. The molecule has 0 bridgehead atoms. The zero-order valence-electron chi connectivity index (χ0n) is 13.0. The second-order valence-corrected chi connectivity index (χ2v) is 7.25. The van der Waals surface area contributed by atoms with E-state index < -0.39 is 17.6 Å². The lowest BCUT2D eigenvalue weighted by Crippen LogP contribution is -2.40. The molecule has 6 heteroatoms. The number of amides is 1. The molecule has 1 fully saturated rings. The van der Waals surface area contributed by atoms with Crippen LogP contribution >= 0.6 is 15.9 Å². The van der Waals surface area contributed by atoms with Gasteiger partial charge in [0.25, 0.3) is 0 Å². The number of anilines is 1. The quantitative estimate of drug-likeness (QED) is 0.804. The van der Waals surface area contributed by atoms with Crippen LogP contribution in [-0.4, -0.2) is 24.6 Å². The molecule has 22 heavy (non-hydrogen) atoms. The predicted octanol–water partition coefficient (Wildman–Crippen LogP) is 2.91. The van der Waals surface area contributed by atoms with Crippen molar-refractivity contribution in [2.75, 3.05) is 11.9 Å². The number of hydrogen-bond acceptors (Lipinski definition) is 4. The number of hydrogen-bond donors (Lipinski definition) is 2. The lowest BCUT2D eigenvalue weighted by atomic mass is 9.97. The van der Waals surface area contributed by atoms with Crippen molar-refractivity contribution in [2.24, 2.45) is 11.3 Å². The largest absolute Gasteiger partial charge is 0.445 e. The molecule has 2 rings (SSSR count). The molecule has 0 aliphatic carbocycles. The van der Waals surface area contributed by atoms with E-state index in [1.807, 2.05) is 24.3 Å². The zero-order chi connectivity index (χ0) is 16.3. The van der Waals surface area contributed by atoms with E-state index in [0.29, 0.717) is 18.7 Å². The standard InChI is InChI=1S/C16H21BrN2O3/c1-16(2,3)15(21)22-14-10(8-9-18-14)13(20)19-12-7-5-4-6-11(12)17/h4-7,10,14,18H,8-9H2,1-3H3,(H,19,20)/t10-,14?/m0/s1. The van der Waals surface area contributed by atoms with E-state index in [1.54, 1.807) is 20.8 Å². The first-order chi connectivity index (χ1) is 10.3. The van der Waals surface area contributed by atoms with E-state index in [2.05, 4.69) is 26.6 Å². The summed E-state index contributed by atoms with van der Waals surface area (Å²) in [6.45, 7) is 6.03. The second kappa shape index (κ2) is 6.79. The molecule has 2 atom stereocenters. The van der Waals surface area contributed by atoms with Gasteiger partial charge in [-0.05, 0) is 61.8 Å². The van der Waals surface area contributed by atoms with Crippen LogP contribution in [0, 0.1) is 11.3 Å². The van der Waals surface area contributed by atoms with E-state index in [9.17, 15) is 9.59 Å². The van der Waals surface area contributed by atoms with Crippen LogP contribution in [0.2, 0.25) is 0 Å². The molecule has 120 valence electrons. The highest BCUT2D eigenvalue weighted by Crippen LogP contribution is 2.26. The van der Waals surface area contributed by atoms with Gasteiger partial charge < -0.3 is 10.1 Å². The fourth-order valence-electron chi connectivity index (χ4n) is 2.15. The van der Waals surface area contributed by atoms with Crippen LogP contribution in [0.25, 0.3) is 0 Å². The van der Waals surface area contributed by atoms with Crippen molar-refractivity contribution in [3.8, 4) is 0 Å². The Kier molecular flexibility index (Phi) is 5.24. The Balaban J connectivity index is 2.02. The van der Waals surface area contributed by atoms with Crippen molar-refractivity contribution in [3.05, 3.63) is 28.7 Å². The van der Waals surface area contributed by atoms with Gasteiger partial charge in [-0.1, -0.05) is 12.1 Å². The van der Waals surface area contributed by atoms with Crippen molar-refractivity contribution in [2.45, 2.75) is 33.4 Å². The van der Waals surface area contributed by atoms with Gasteiger partial charge in [-0.25, -0.2) is 0 Å². The SMILES string of the molecule is CC(C)(C)C(=O)OC1NCC[C@H]1C(=O)Nc1ccccc1Br. The highest BCUT2D eigenvalue weighted by atomic mass is 79.9. The number of benzene rings is 1. The van der Waals surface area contributed by atoms with Gasteiger partial charge in [-0.2, -0.15) is 0 Å². The van der Waals surface area contributed by atoms with E-state index >= 15 is 0 Å². The van der Waals surface area contributed by atoms with Crippen LogP contribution in [0.4, 0.5) is 5.69 Å². The summed E-state index contributed by atoms with van der Waals surface area (Å²) in [6, 6.07) is 7.41. The summed E-state index contributed by atoms with van der Waals surface area (Å²) < 4.78 is 6.27. The summed E-state index contributed by atoms with van der Waals surface area (Å²) in [5.41, 5.74) is 0.119. The molecule has 0 saturated carbocycles. The molecule has 0 spiro atoms. The molecule has 1 saturated heterocycles. The number of halogens is 1. The molecule has 1 unspecified atom stereocenters. The van der Waals surface area contributed by atoms with Crippen LogP contribution in [0.15, 0.2) is 28.7 Å². The third kappa shape index (κ3) is 4.08. The first kappa shape index (κ1) is 17.0. The summed E-state index contributed by atoms with van der Waals surface area (Å²) in [6.07, 6.45) is 0.0625. The molecule has 5 nitrogen and oxygen atoms in total. The number of rotatable bonds is 3. The molecule has 1 heterocycles. The summed E-state index contributed by atoms with van der Waals surface area (Å²) in [5, 5.41) is 5.95. The molecule has 0 radical (unpaired) electrons. The number of carbonyl (C=O) groups excluding carboxylic acids is 2. The Morgan fingerprint density at radius 1 is 1.32 bits per heavy atom. The summed E-state index contributed by atoms with van der Waals surface area (Å²) >= 11 is 3.40. The minimum atomic E-state index is -0.590. The van der Waals surface area contributed by atoms with Crippen LogP contribution in [-0.2, 0) is 14.3 Å². The van der Waals surface area contributed by atoms with Crippen LogP contribution in [0.1, 0.15) is 27.2 Å². The lowest BCUT2D eigenvalue weighted by molar-refractivity contribution is -0.162. The van der Waals surface area contributed by atoms with Gasteiger partial charge >= 0.3 is 5.97 Å². The minimum Gasteiger partial charge on any atom is -0.445 e. The molecule has 2 N–H and O–H groups in total. The third-order valence-electron chi connectivity index (χ3n) is 3.48. The van der Waals surface area contributed by atoms with Gasteiger partial charge in [0, 0.05) is 4.47 Å². The fourth-order valence-corrected chi connectivity index (χ4v) is 2.53. The second-order valence-electron chi connectivity index (χ2n) is 6.39. The maximum absolute atomic E-state index is 12.4. The normalized spacial score (nSPS) is 21.5. The van der Waals surface area contributed by atoms with Gasteiger partial charge in [0.05, 0.1) is 17.0 Å². The van der Waals surface area contributed by atoms with Gasteiger partial charge in [0.2, 0.25) is 5.91 Å².